The molecule has 1 fully saturated rings. The lowest BCUT2D eigenvalue weighted by atomic mass is 9.96. The van der Waals surface area contributed by atoms with Crippen LogP contribution >= 0.6 is 11.6 Å². The van der Waals surface area contributed by atoms with E-state index >= 15 is 0 Å². The Hall–Kier alpha value is -1.96. The van der Waals surface area contributed by atoms with Gasteiger partial charge in [-0.3, -0.25) is 4.79 Å². The second-order valence-electron chi connectivity index (χ2n) is 5.83. The molecule has 9 heteroatoms. The number of rotatable bonds is 3. The van der Waals surface area contributed by atoms with Crippen LogP contribution in [-0.2, 0) is 9.53 Å². The van der Waals surface area contributed by atoms with Crippen LogP contribution in [0.1, 0.15) is 18.4 Å². The van der Waals surface area contributed by atoms with E-state index in [2.05, 4.69) is 10.1 Å². The van der Waals surface area contributed by atoms with Crippen molar-refractivity contribution < 1.29 is 27.5 Å². The first kappa shape index (κ1) is 19.4. The molecule has 25 heavy (non-hydrogen) atoms. The smallest absolute Gasteiger partial charge is 0.422 e. The lowest BCUT2D eigenvalue weighted by Crippen LogP contribution is -2.42. The summed E-state index contributed by atoms with van der Waals surface area (Å²) in [6.07, 6.45) is -4.86. The minimum atomic E-state index is -4.55. The molecule has 5 nitrogen and oxygen atoms in total. The largest absolute Gasteiger partial charge is 0.440 e. The lowest BCUT2D eigenvalue weighted by molar-refractivity contribution is -0.162. The third kappa shape index (κ3) is 5.52. The number of hydrogen-bond acceptors (Lipinski definition) is 3. The number of alkyl halides is 3. The summed E-state index contributed by atoms with van der Waals surface area (Å²) < 4.78 is 40.4. The maximum absolute atomic E-state index is 12.3. The van der Waals surface area contributed by atoms with E-state index in [1.165, 1.54) is 4.90 Å². The first-order valence-electron chi connectivity index (χ1n) is 7.72. The zero-order chi connectivity index (χ0) is 18.6. The molecule has 1 aromatic carbocycles. The summed E-state index contributed by atoms with van der Waals surface area (Å²) in [5.41, 5.74) is 1.37. The molecule has 1 N–H and O–H groups in total. The SMILES string of the molecule is Cc1c(Cl)cccc1NC(=O)C1CCN(C(=O)OCC(F)(F)F)CC1. The van der Waals surface area contributed by atoms with Gasteiger partial charge in [-0.05, 0) is 37.5 Å². The van der Waals surface area contributed by atoms with Gasteiger partial charge in [0, 0.05) is 29.7 Å². The van der Waals surface area contributed by atoms with Crippen molar-refractivity contribution in [3.8, 4) is 0 Å². The summed E-state index contributed by atoms with van der Waals surface area (Å²) in [5, 5.41) is 3.34. The molecule has 0 bridgehead atoms. The Morgan fingerprint density at radius 2 is 1.96 bits per heavy atom. The minimum Gasteiger partial charge on any atom is -0.440 e. The molecule has 0 atom stereocenters. The van der Waals surface area contributed by atoms with E-state index < -0.39 is 18.9 Å². The summed E-state index contributed by atoms with van der Waals surface area (Å²) >= 11 is 6.01. The molecule has 0 saturated carbocycles. The first-order chi connectivity index (χ1) is 11.7. The van der Waals surface area contributed by atoms with Crippen LogP contribution in [0.15, 0.2) is 18.2 Å². The highest BCUT2D eigenvalue weighted by atomic mass is 35.5. The van der Waals surface area contributed by atoms with Crippen molar-refractivity contribution in [3.05, 3.63) is 28.8 Å². The van der Waals surface area contributed by atoms with Gasteiger partial charge in [-0.15, -0.1) is 0 Å². The number of carbonyl (C=O) groups excluding carboxylic acids is 2. The fourth-order valence-electron chi connectivity index (χ4n) is 2.54. The molecule has 1 aliphatic rings. The molecule has 0 aromatic heterocycles. The quantitative estimate of drug-likeness (QED) is 0.865. The number of carbonyl (C=O) groups is 2. The van der Waals surface area contributed by atoms with Crippen LogP contribution in [0.25, 0.3) is 0 Å². The first-order valence-corrected chi connectivity index (χ1v) is 8.09. The number of nitrogens with zero attached hydrogens (tertiary/aromatic N) is 1. The molecule has 1 heterocycles. The summed E-state index contributed by atoms with van der Waals surface area (Å²) in [4.78, 5) is 25.1. The molecule has 0 spiro atoms. The number of benzene rings is 1. The average Bonchev–Trinajstić information content (AvgIpc) is 2.56. The fourth-order valence-corrected chi connectivity index (χ4v) is 2.71. The van der Waals surface area contributed by atoms with Crippen LogP contribution in [0.3, 0.4) is 0 Å². The van der Waals surface area contributed by atoms with Crippen LogP contribution in [0.4, 0.5) is 23.7 Å². The fraction of sp³-hybridized carbons (Fsp3) is 0.500. The monoisotopic (exact) mass is 378 g/mol. The topological polar surface area (TPSA) is 58.6 Å². The molecule has 2 amide bonds. The zero-order valence-electron chi connectivity index (χ0n) is 13.5. The van der Waals surface area contributed by atoms with E-state index in [0.29, 0.717) is 23.6 Å². The molecule has 1 aliphatic heterocycles. The van der Waals surface area contributed by atoms with Gasteiger partial charge in [0.2, 0.25) is 5.91 Å². The number of halogens is 4. The van der Waals surface area contributed by atoms with E-state index in [1.54, 1.807) is 25.1 Å². The van der Waals surface area contributed by atoms with E-state index in [4.69, 9.17) is 11.6 Å². The Balaban J connectivity index is 1.84. The number of anilines is 1. The van der Waals surface area contributed by atoms with Crippen molar-refractivity contribution >= 4 is 29.3 Å². The van der Waals surface area contributed by atoms with Crippen molar-refractivity contribution in [2.75, 3.05) is 25.0 Å². The van der Waals surface area contributed by atoms with Crippen LogP contribution < -0.4 is 5.32 Å². The number of ether oxygens (including phenoxy) is 1. The van der Waals surface area contributed by atoms with Crippen molar-refractivity contribution in [2.24, 2.45) is 5.92 Å². The Labute approximate surface area is 148 Å². The average molecular weight is 379 g/mol. The van der Waals surface area contributed by atoms with Crippen molar-refractivity contribution in [1.29, 1.82) is 0 Å². The molecule has 2 rings (SSSR count). The third-order valence-corrected chi connectivity index (χ3v) is 4.42. The molecular weight excluding hydrogens is 361 g/mol. The number of amides is 2. The molecule has 0 unspecified atom stereocenters. The number of nitrogens with one attached hydrogen (secondary N) is 1. The van der Waals surface area contributed by atoms with Gasteiger partial charge in [0.1, 0.15) is 0 Å². The molecule has 1 saturated heterocycles. The second-order valence-corrected chi connectivity index (χ2v) is 6.24. The van der Waals surface area contributed by atoms with Crippen molar-refractivity contribution in [1.82, 2.24) is 4.90 Å². The predicted molar refractivity (Wildman–Crippen MR) is 86.5 cm³/mol. The lowest BCUT2D eigenvalue weighted by Gasteiger charge is -2.30. The second kappa shape index (κ2) is 7.95. The summed E-state index contributed by atoms with van der Waals surface area (Å²) in [7, 11) is 0. The maximum atomic E-state index is 12.3. The highest BCUT2D eigenvalue weighted by Crippen LogP contribution is 2.25. The van der Waals surface area contributed by atoms with E-state index in [9.17, 15) is 22.8 Å². The Kier molecular flexibility index (Phi) is 6.16. The van der Waals surface area contributed by atoms with E-state index in [0.717, 1.165) is 5.56 Å². The molecule has 0 aliphatic carbocycles. The molecular formula is C16H18ClF3N2O3. The molecule has 138 valence electrons. The zero-order valence-corrected chi connectivity index (χ0v) is 14.3. The summed E-state index contributed by atoms with van der Waals surface area (Å²) in [6.45, 7) is 0.518. The van der Waals surface area contributed by atoms with Crippen molar-refractivity contribution in [3.63, 3.8) is 0 Å². The third-order valence-electron chi connectivity index (χ3n) is 4.01. The number of hydrogen-bond donors (Lipinski definition) is 1. The van der Waals surface area contributed by atoms with Gasteiger partial charge in [0.25, 0.3) is 0 Å². The Bertz CT molecular complexity index is 644. The van der Waals surface area contributed by atoms with Crippen LogP contribution in [0.5, 0.6) is 0 Å². The molecule has 0 radical (unpaired) electrons. The number of piperidine rings is 1. The van der Waals surface area contributed by atoms with Gasteiger partial charge >= 0.3 is 12.3 Å². The van der Waals surface area contributed by atoms with Crippen molar-refractivity contribution in [2.45, 2.75) is 25.9 Å². The van der Waals surface area contributed by atoms with Gasteiger partial charge in [-0.1, -0.05) is 17.7 Å². The van der Waals surface area contributed by atoms with Crippen LogP contribution in [-0.4, -0.2) is 42.8 Å². The maximum Gasteiger partial charge on any atom is 0.422 e. The van der Waals surface area contributed by atoms with Gasteiger partial charge in [0.15, 0.2) is 6.61 Å². The number of likely N-dealkylation sites (tertiary alicyclic amines) is 1. The summed E-state index contributed by atoms with van der Waals surface area (Å²) in [5.74, 6) is -0.529. The van der Waals surface area contributed by atoms with Crippen LogP contribution in [0.2, 0.25) is 5.02 Å². The minimum absolute atomic E-state index is 0.170. The van der Waals surface area contributed by atoms with Crippen LogP contribution in [0, 0.1) is 12.8 Å². The highest BCUT2D eigenvalue weighted by molar-refractivity contribution is 6.31. The van der Waals surface area contributed by atoms with Gasteiger partial charge in [-0.2, -0.15) is 13.2 Å². The highest BCUT2D eigenvalue weighted by Gasteiger charge is 2.33. The van der Waals surface area contributed by atoms with Gasteiger partial charge in [-0.25, -0.2) is 4.79 Å². The predicted octanol–water partition coefficient (Wildman–Crippen LogP) is 4.00. The van der Waals surface area contributed by atoms with Gasteiger partial charge < -0.3 is 15.0 Å². The van der Waals surface area contributed by atoms with E-state index in [-0.39, 0.29) is 24.9 Å². The van der Waals surface area contributed by atoms with Gasteiger partial charge in [0.05, 0.1) is 0 Å². The molecule has 1 aromatic rings. The van der Waals surface area contributed by atoms with E-state index in [1.807, 2.05) is 0 Å². The Morgan fingerprint density at radius 3 is 2.56 bits per heavy atom. The Morgan fingerprint density at radius 1 is 1.32 bits per heavy atom. The summed E-state index contributed by atoms with van der Waals surface area (Å²) in [6, 6.07) is 5.19. The standard InChI is InChI=1S/C16H18ClF3N2O3/c1-10-12(17)3-2-4-13(10)21-14(23)11-5-7-22(8-6-11)15(24)25-9-16(18,19)20/h2-4,11H,5-9H2,1H3,(H,21,23). The normalized spacial score (nSPS) is 15.8.